The number of nitrogens with zero attached hydrogens (tertiary/aromatic N) is 4. The van der Waals surface area contributed by atoms with E-state index in [1.807, 2.05) is 54.4 Å². The molecule has 1 atom stereocenters. The van der Waals surface area contributed by atoms with E-state index in [-0.39, 0.29) is 17.6 Å². The summed E-state index contributed by atoms with van der Waals surface area (Å²) in [6, 6.07) is 11.7. The Morgan fingerprint density at radius 1 is 1.24 bits per heavy atom. The summed E-state index contributed by atoms with van der Waals surface area (Å²) < 4.78 is 3.52. The second kappa shape index (κ2) is 6.92. The van der Waals surface area contributed by atoms with E-state index in [1.165, 1.54) is 0 Å². The minimum absolute atomic E-state index is 0.0420. The van der Waals surface area contributed by atoms with Crippen LogP contribution in [0.3, 0.4) is 0 Å². The fourth-order valence-electron chi connectivity index (χ4n) is 4.47. The summed E-state index contributed by atoms with van der Waals surface area (Å²) >= 11 is 0. The smallest absolute Gasteiger partial charge is 0.330 e. The summed E-state index contributed by atoms with van der Waals surface area (Å²) in [7, 11) is 0. The Bertz CT molecular complexity index is 1270. The summed E-state index contributed by atoms with van der Waals surface area (Å²) in [6.45, 7) is 3.76. The van der Waals surface area contributed by atoms with Crippen molar-refractivity contribution in [3.63, 3.8) is 0 Å². The van der Waals surface area contributed by atoms with Crippen LogP contribution in [0.4, 0.5) is 0 Å². The van der Waals surface area contributed by atoms with E-state index in [0.29, 0.717) is 31.7 Å². The molecule has 1 aliphatic heterocycles. The lowest BCUT2D eigenvalue weighted by atomic mass is 10.1. The van der Waals surface area contributed by atoms with Crippen LogP contribution in [0.1, 0.15) is 24.9 Å². The van der Waals surface area contributed by atoms with Gasteiger partial charge in [0, 0.05) is 42.9 Å². The quantitative estimate of drug-likeness (QED) is 0.583. The monoisotopic (exact) mass is 389 g/mol. The molecule has 4 aromatic rings. The van der Waals surface area contributed by atoms with Crippen molar-refractivity contribution in [2.75, 3.05) is 13.1 Å². The summed E-state index contributed by atoms with van der Waals surface area (Å²) in [5.41, 5.74) is 3.56. The van der Waals surface area contributed by atoms with Crippen molar-refractivity contribution < 1.29 is 4.79 Å². The number of likely N-dealkylation sites (tertiary alicyclic amines) is 1. The van der Waals surface area contributed by atoms with Gasteiger partial charge in [-0.1, -0.05) is 18.2 Å². The molecule has 7 heteroatoms. The number of fused-ring (bicyclic) bond motifs is 2. The number of aromatic nitrogens is 4. The van der Waals surface area contributed by atoms with Gasteiger partial charge in [0.05, 0.1) is 18.0 Å². The Balaban J connectivity index is 1.39. The van der Waals surface area contributed by atoms with Crippen molar-refractivity contribution in [1.29, 1.82) is 0 Å². The number of amides is 1. The number of hydrogen-bond acceptors (Lipinski definition) is 3. The van der Waals surface area contributed by atoms with Crippen LogP contribution in [0.5, 0.6) is 0 Å². The maximum absolute atomic E-state index is 13.0. The molecule has 3 aromatic heterocycles. The van der Waals surface area contributed by atoms with Crippen molar-refractivity contribution in [3.8, 4) is 0 Å². The Kier molecular flexibility index (Phi) is 4.23. The maximum atomic E-state index is 13.0. The van der Waals surface area contributed by atoms with E-state index < -0.39 is 0 Å². The second-order valence-corrected chi connectivity index (χ2v) is 7.56. The first-order valence-corrected chi connectivity index (χ1v) is 10.1. The molecule has 0 unspecified atom stereocenters. The zero-order chi connectivity index (χ0) is 20.0. The van der Waals surface area contributed by atoms with E-state index in [0.717, 1.165) is 28.4 Å². The number of carbonyl (C=O) groups excluding carboxylic acids is 1. The second-order valence-electron chi connectivity index (χ2n) is 7.56. The molecule has 0 saturated carbocycles. The van der Waals surface area contributed by atoms with Crippen molar-refractivity contribution in [3.05, 3.63) is 64.8 Å². The number of pyridine rings is 1. The molecule has 7 nitrogen and oxygen atoms in total. The third-order valence-electron chi connectivity index (χ3n) is 5.94. The maximum Gasteiger partial charge on any atom is 0.330 e. The van der Waals surface area contributed by atoms with E-state index >= 15 is 0 Å². The molecule has 1 amide bonds. The first-order chi connectivity index (χ1) is 14.2. The standard InChI is InChI=1S/C22H23N5O2/c1-2-26-19-8-5-10-23-21(19)27(22(26)29)16-9-11-25(14-16)20(28)12-15-13-24-18-7-4-3-6-17(15)18/h3-8,10,13,16,24H,2,9,11-12,14H2,1H3/t16-/m1/s1. The Morgan fingerprint density at radius 2 is 2.10 bits per heavy atom. The van der Waals surface area contributed by atoms with Gasteiger partial charge in [-0.3, -0.25) is 13.9 Å². The van der Waals surface area contributed by atoms with Crippen molar-refractivity contribution in [2.24, 2.45) is 0 Å². The lowest BCUT2D eigenvalue weighted by molar-refractivity contribution is -0.129. The molecule has 5 rings (SSSR count). The molecule has 0 bridgehead atoms. The van der Waals surface area contributed by atoms with Gasteiger partial charge in [0.2, 0.25) is 5.91 Å². The highest BCUT2D eigenvalue weighted by atomic mass is 16.2. The van der Waals surface area contributed by atoms with Crippen LogP contribution in [0.15, 0.2) is 53.6 Å². The molecule has 1 aromatic carbocycles. The van der Waals surface area contributed by atoms with E-state index in [9.17, 15) is 9.59 Å². The number of H-pyrrole nitrogens is 1. The highest BCUT2D eigenvalue weighted by Crippen LogP contribution is 2.26. The number of imidazole rings is 1. The molecule has 0 spiro atoms. The molecule has 0 radical (unpaired) electrons. The van der Waals surface area contributed by atoms with E-state index in [4.69, 9.17) is 0 Å². The number of benzene rings is 1. The third-order valence-corrected chi connectivity index (χ3v) is 5.94. The summed E-state index contributed by atoms with van der Waals surface area (Å²) in [5, 5.41) is 1.09. The van der Waals surface area contributed by atoms with Crippen LogP contribution < -0.4 is 5.69 Å². The summed E-state index contributed by atoms with van der Waals surface area (Å²) in [4.78, 5) is 35.5. The molecule has 1 fully saturated rings. The Labute approximate surface area is 167 Å². The van der Waals surface area contributed by atoms with Gasteiger partial charge in [-0.25, -0.2) is 9.78 Å². The first-order valence-electron chi connectivity index (χ1n) is 10.1. The lowest BCUT2D eigenvalue weighted by Gasteiger charge is -2.17. The van der Waals surface area contributed by atoms with Gasteiger partial charge in [0.1, 0.15) is 0 Å². The zero-order valence-electron chi connectivity index (χ0n) is 16.3. The van der Waals surface area contributed by atoms with Crippen molar-refractivity contribution in [1.82, 2.24) is 24.0 Å². The van der Waals surface area contributed by atoms with Crippen LogP contribution in [0.2, 0.25) is 0 Å². The Morgan fingerprint density at radius 3 is 2.97 bits per heavy atom. The van der Waals surface area contributed by atoms with Gasteiger partial charge in [-0.05, 0) is 37.1 Å². The molecule has 1 N–H and O–H groups in total. The highest BCUT2D eigenvalue weighted by Gasteiger charge is 2.31. The minimum atomic E-state index is -0.0443. The van der Waals surface area contributed by atoms with Crippen LogP contribution >= 0.6 is 0 Å². The number of rotatable bonds is 4. The molecule has 148 valence electrons. The predicted octanol–water partition coefficient (Wildman–Crippen LogP) is 2.72. The van der Waals surface area contributed by atoms with E-state index in [2.05, 4.69) is 9.97 Å². The van der Waals surface area contributed by atoms with Gasteiger partial charge >= 0.3 is 5.69 Å². The third kappa shape index (κ3) is 2.85. The number of aryl methyl sites for hydroxylation is 1. The lowest BCUT2D eigenvalue weighted by Crippen LogP contribution is -2.32. The average Bonchev–Trinajstić information content (AvgIpc) is 3.44. The fraction of sp³-hybridized carbons (Fsp3) is 0.318. The largest absolute Gasteiger partial charge is 0.361 e. The van der Waals surface area contributed by atoms with Crippen LogP contribution in [0, 0.1) is 0 Å². The number of hydrogen-bond donors (Lipinski definition) is 1. The SMILES string of the molecule is CCn1c(=O)n([C@@H]2CCN(C(=O)Cc3c[nH]c4ccccc34)C2)c2ncccc21. The molecule has 1 saturated heterocycles. The number of nitrogens with one attached hydrogen (secondary N) is 1. The molecule has 4 heterocycles. The fourth-order valence-corrected chi connectivity index (χ4v) is 4.47. The van der Waals surface area contributed by atoms with Gasteiger partial charge in [0.15, 0.2) is 5.65 Å². The predicted molar refractivity (Wildman–Crippen MR) is 112 cm³/mol. The van der Waals surface area contributed by atoms with Crippen molar-refractivity contribution in [2.45, 2.75) is 32.4 Å². The van der Waals surface area contributed by atoms with Gasteiger partial charge in [0.25, 0.3) is 0 Å². The average molecular weight is 389 g/mol. The first kappa shape index (κ1) is 17.7. The number of carbonyl (C=O) groups is 1. The summed E-state index contributed by atoms with van der Waals surface area (Å²) in [6.07, 6.45) is 4.76. The molecular formula is C22H23N5O2. The normalized spacial score (nSPS) is 16.9. The van der Waals surface area contributed by atoms with E-state index in [1.54, 1.807) is 15.3 Å². The molecule has 0 aliphatic carbocycles. The van der Waals surface area contributed by atoms with Crippen molar-refractivity contribution >= 4 is 28.0 Å². The van der Waals surface area contributed by atoms with Crippen LogP contribution in [-0.2, 0) is 17.8 Å². The van der Waals surface area contributed by atoms with Gasteiger partial charge in [-0.2, -0.15) is 0 Å². The topological polar surface area (TPSA) is 75.9 Å². The summed E-state index contributed by atoms with van der Waals surface area (Å²) in [5.74, 6) is 0.0949. The van der Waals surface area contributed by atoms with Crippen LogP contribution in [0.25, 0.3) is 22.1 Å². The van der Waals surface area contributed by atoms with Crippen LogP contribution in [-0.4, -0.2) is 43.0 Å². The van der Waals surface area contributed by atoms with Gasteiger partial charge in [-0.15, -0.1) is 0 Å². The molecule has 1 aliphatic rings. The zero-order valence-corrected chi connectivity index (χ0v) is 16.3. The van der Waals surface area contributed by atoms with Gasteiger partial charge < -0.3 is 9.88 Å². The minimum Gasteiger partial charge on any atom is -0.361 e. The number of para-hydroxylation sites is 1. The number of aromatic amines is 1. The molecular weight excluding hydrogens is 366 g/mol. The molecule has 29 heavy (non-hydrogen) atoms. The highest BCUT2D eigenvalue weighted by molar-refractivity contribution is 5.89. The Hall–Kier alpha value is -3.35.